The molecule has 0 radical (unpaired) electrons. The van der Waals surface area contributed by atoms with Gasteiger partial charge in [0.25, 0.3) is 0 Å². The van der Waals surface area contributed by atoms with Crippen molar-refractivity contribution in [2.24, 2.45) is 5.73 Å². The van der Waals surface area contributed by atoms with E-state index in [1.54, 1.807) is 18.3 Å². The Bertz CT molecular complexity index is 1480. The lowest BCUT2D eigenvalue weighted by molar-refractivity contribution is 0.225. The number of nitrogens with zero attached hydrogens (tertiary/aromatic N) is 5. The van der Waals surface area contributed by atoms with E-state index in [9.17, 15) is 5.11 Å². The van der Waals surface area contributed by atoms with Gasteiger partial charge in [0, 0.05) is 55.6 Å². The predicted molar refractivity (Wildman–Crippen MR) is 134 cm³/mol. The molecule has 4 aromatic rings. The van der Waals surface area contributed by atoms with E-state index in [1.165, 1.54) is 0 Å². The molecule has 4 fully saturated rings. The Morgan fingerprint density at radius 1 is 1.09 bits per heavy atom. The third-order valence-electron chi connectivity index (χ3n) is 7.36. The Hall–Kier alpha value is -3.56. The summed E-state index contributed by atoms with van der Waals surface area (Å²) in [6.45, 7) is 4.85. The molecule has 0 spiro atoms. The van der Waals surface area contributed by atoms with Crippen LogP contribution in [0.3, 0.4) is 0 Å². The van der Waals surface area contributed by atoms with Crippen molar-refractivity contribution < 1.29 is 9.50 Å². The van der Waals surface area contributed by atoms with Crippen molar-refractivity contribution >= 4 is 33.4 Å². The normalized spacial score (nSPS) is 22.8. The van der Waals surface area contributed by atoms with Crippen LogP contribution in [0.4, 0.5) is 16.2 Å². The molecule has 2 aromatic heterocycles. The van der Waals surface area contributed by atoms with Crippen molar-refractivity contribution in [3.05, 3.63) is 48.4 Å². The minimum Gasteiger partial charge on any atom is -0.508 e. The molecule has 0 amide bonds. The fourth-order valence-corrected chi connectivity index (χ4v) is 5.74. The van der Waals surface area contributed by atoms with E-state index < -0.39 is 5.82 Å². The lowest BCUT2D eigenvalue weighted by Gasteiger charge is -2.49. The minimum absolute atomic E-state index is 0.0620. The summed E-state index contributed by atoms with van der Waals surface area (Å²) >= 11 is 0. The highest BCUT2D eigenvalue weighted by molar-refractivity contribution is 6.00. The molecule has 9 heteroatoms. The van der Waals surface area contributed by atoms with Gasteiger partial charge in [-0.25, -0.2) is 9.37 Å². The van der Waals surface area contributed by atoms with Gasteiger partial charge in [-0.1, -0.05) is 24.3 Å². The molecule has 4 saturated heterocycles. The van der Waals surface area contributed by atoms with Gasteiger partial charge >= 0.3 is 0 Å². The number of aromatic nitrogens is 3. The quantitative estimate of drug-likeness (QED) is 0.419. The van der Waals surface area contributed by atoms with Crippen LogP contribution in [0.1, 0.15) is 13.3 Å². The maximum atomic E-state index is 16.3. The minimum atomic E-state index is -0.514. The third kappa shape index (κ3) is 3.30. The number of pyridine rings is 1. The van der Waals surface area contributed by atoms with Gasteiger partial charge in [0.15, 0.2) is 5.82 Å². The molecule has 2 bridgehead atoms. The van der Waals surface area contributed by atoms with Crippen molar-refractivity contribution in [3.8, 4) is 17.0 Å². The average Bonchev–Trinajstić information content (AvgIpc) is 2.81. The van der Waals surface area contributed by atoms with Gasteiger partial charge in [-0.05, 0) is 36.2 Å². The van der Waals surface area contributed by atoms with Crippen LogP contribution in [0.2, 0.25) is 0 Å². The first kappa shape index (κ1) is 20.8. The van der Waals surface area contributed by atoms with Crippen molar-refractivity contribution in [1.29, 1.82) is 0 Å². The second-order valence-electron chi connectivity index (χ2n) is 10.5. The Labute approximate surface area is 201 Å². The molecule has 2 aromatic carbocycles. The predicted octanol–water partition coefficient (Wildman–Crippen LogP) is 2.78. The molecule has 0 aliphatic carbocycles. The number of rotatable bonds is 3. The molecule has 0 saturated carbocycles. The van der Waals surface area contributed by atoms with Crippen LogP contribution in [-0.4, -0.2) is 63.9 Å². The maximum absolute atomic E-state index is 16.3. The molecule has 178 valence electrons. The van der Waals surface area contributed by atoms with E-state index in [0.29, 0.717) is 47.9 Å². The van der Waals surface area contributed by atoms with Crippen LogP contribution in [0.25, 0.3) is 32.9 Å². The average molecular weight is 472 g/mol. The van der Waals surface area contributed by atoms with Crippen molar-refractivity contribution in [1.82, 2.24) is 20.3 Å². The lowest BCUT2D eigenvalue weighted by Crippen LogP contribution is -2.67. The number of phenolic OH excluding ortho intramolecular Hbond substituents is 1. The van der Waals surface area contributed by atoms with Gasteiger partial charge in [0.2, 0.25) is 5.95 Å². The zero-order chi connectivity index (χ0) is 23.9. The number of aromatic hydroxyl groups is 1. The number of nitrogens with one attached hydrogen (secondary N) is 1. The second kappa shape index (κ2) is 7.22. The fraction of sp³-hybridized carbons (Fsp3) is 0.346. The van der Waals surface area contributed by atoms with Gasteiger partial charge < -0.3 is 26.0 Å². The highest BCUT2D eigenvalue weighted by Gasteiger charge is 2.40. The summed E-state index contributed by atoms with van der Waals surface area (Å²) in [5, 5.41) is 16.1. The number of piperidine rings is 1. The van der Waals surface area contributed by atoms with Crippen molar-refractivity contribution in [3.63, 3.8) is 0 Å². The molecule has 4 N–H and O–H groups in total. The lowest BCUT2D eigenvalue weighted by atomic mass is 9.91. The third-order valence-corrected chi connectivity index (χ3v) is 7.36. The van der Waals surface area contributed by atoms with E-state index in [4.69, 9.17) is 10.7 Å². The van der Waals surface area contributed by atoms with Crippen LogP contribution in [0, 0.1) is 5.82 Å². The van der Waals surface area contributed by atoms with Crippen LogP contribution in [0.15, 0.2) is 42.6 Å². The smallest absolute Gasteiger partial charge is 0.228 e. The highest BCUT2D eigenvalue weighted by atomic mass is 19.1. The van der Waals surface area contributed by atoms with E-state index in [0.717, 1.165) is 30.3 Å². The number of benzene rings is 2. The first-order valence-corrected chi connectivity index (χ1v) is 12.0. The number of phenols is 1. The molecule has 6 heterocycles. The van der Waals surface area contributed by atoms with Crippen LogP contribution in [0.5, 0.6) is 5.75 Å². The zero-order valence-electron chi connectivity index (χ0n) is 19.4. The summed E-state index contributed by atoms with van der Waals surface area (Å²) in [6.07, 6.45) is 2.83. The van der Waals surface area contributed by atoms with E-state index in [-0.39, 0.29) is 22.5 Å². The maximum Gasteiger partial charge on any atom is 0.228 e. The van der Waals surface area contributed by atoms with Gasteiger partial charge in [0.1, 0.15) is 22.8 Å². The van der Waals surface area contributed by atoms with Crippen LogP contribution < -0.4 is 20.9 Å². The zero-order valence-corrected chi connectivity index (χ0v) is 19.4. The number of halogens is 1. The summed E-state index contributed by atoms with van der Waals surface area (Å²) in [6, 6.07) is 11.6. The Morgan fingerprint density at radius 3 is 2.57 bits per heavy atom. The molecular formula is C26H26FN7O. The fourth-order valence-electron chi connectivity index (χ4n) is 5.74. The number of piperazine rings is 1. The topological polar surface area (TPSA) is 103 Å². The Morgan fingerprint density at radius 2 is 1.83 bits per heavy atom. The van der Waals surface area contributed by atoms with E-state index >= 15 is 4.39 Å². The van der Waals surface area contributed by atoms with Crippen LogP contribution in [-0.2, 0) is 0 Å². The summed E-state index contributed by atoms with van der Waals surface area (Å²) in [5.74, 6) is 0.747. The van der Waals surface area contributed by atoms with E-state index in [1.807, 2.05) is 36.1 Å². The first-order chi connectivity index (χ1) is 16.8. The SMILES string of the molecule is CC1(N)CN(c2nc(N3CC4CC(C3)N4)c3cnc(-c4cc(O)cc5ccccc45)c(F)c3n2)C1. The molecule has 2 atom stereocenters. The number of nitrogens with two attached hydrogens (primary N) is 1. The Kier molecular flexibility index (Phi) is 4.29. The van der Waals surface area contributed by atoms with Gasteiger partial charge in [0.05, 0.1) is 5.39 Å². The largest absolute Gasteiger partial charge is 0.508 e. The number of hydrogen-bond donors (Lipinski definition) is 3. The molecule has 8 nitrogen and oxygen atoms in total. The summed E-state index contributed by atoms with van der Waals surface area (Å²) in [7, 11) is 0. The summed E-state index contributed by atoms with van der Waals surface area (Å²) in [5.41, 5.74) is 6.86. The Balaban J connectivity index is 1.42. The van der Waals surface area contributed by atoms with E-state index in [2.05, 4.69) is 20.2 Å². The summed E-state index contributed by atoms with van der Waals surface area (Å²) < 4.78 is 16.3. The second-order valence-corrected chi connectivity index (χ2v) is 10.5. The summed E-state index contributed by atoms with van der Waals surface area (Å²) in [4.78, 5) is 18.3. The molecule has 8 rings (SSSR count). The van der Waals surface area contributed by atoms with Crippen molar-refractivity contribution in [2.45, 2.75) is 31.0 Å². The standard InChI is InChI=1S/C26H26FN7O/c1-26(28)12-34(13-26)25-31-23-20(24(32-25)33-10-15-7-16(11-33)30-15)9-29-22(21(23)27)19-8-17(35)6-14-4-2-3-5-18(14)19/h2-6,8-9,15-16,30,35H,7,10-13,28H2,1H3. The van der Waals surface area contributed by atoms with Gasteiger partial charge in [-0.3, -0.25) is 4.98 Å². The number of fused-ring (bicyclic) bond motifs is 4. The van der Waals surface area contributed by atoms with Gasteiger partial charge in [-0.2, -0.15) is 4.98 Å². The number of hydrogen-bond acceptors (Lipinski definition) is 8. The highest BCUT2D eigenvalue weighted by Crippen LogP contribution is 2.38. The first-order valence-electron chi connectivity index (χ1n) is 12.0. The van der Waals surface area contributed by atoms with Gasteiger partial charge in [-0.15, -0.1) is 0 Å². The van der Waals surface area contributed by atoms with Crippen LogP contribution >= 0.6 is 0 Å². The molecule has 4 aliphatic heterocycles. The molecular weight excluding hydrogens is 445 g/mol. The molecule has 4 aliphatic rings. The van der Waals surface area contributed by atoms with Crippen molar-refractivity contribution in [2.75, 3.05) is 36.0 Å². The number of anilines is 2. The monoisotopic (exact) mass is 471 g/mol. The molecule has 2 unspecified atom stereocenters. The molecule has 35 heavy (non-hydrogen) atoms.